The van der Waals surface area contributed by atoms with Crippen LogP contribution in [0.25, 0.3) is 5.82 Å². The van der Waals surface area contributed by atoms with Crippen molar-refractivity contribution in [3.63, 3.8) is 0 Å². The Labute approximate surface area is 167 Å². The molecule has 0 unspecified atom stereocenters. The van der Waals surface area contributed by atoms with Crippen molar-refractivity contribution in [3.05, 3.63) is 67.9 Å². The average molecular weight is 427 g/mol. The summed E-state index contributed by atoms with van der Waals surface area (Å²) in [6.07, 6.45) is -0.464. The molecule has 1 aliphatic heterocycles. The molecule has 146 valence electrons. The first-order valence-electron chi connectivity index (χ1n) is 8.48. The Balaban J connectivity index is 1.69. The molecule has 0 saturated carbocycles. The zero-order valence-electron chi connectivity index (χ0n) is 14.4. The SMILES string of the molecule is O=c1c(Cl)c(N2CCC[C@@H]2c2cccs2)cnn1-c1ccc(C(F)(F)F)cn1. The number of rotatable bonds is 3. The van der Waals surface area contributed by atoms with Crippen molar-refractivity contribution >= 4 is 28.6 Å². The van der Waals surface area contributed by atoms with Gasteiger partial charge in [0.2, 0.25) is 0 Å². The zero-order valence-corrected chi connectivity index (χ0v) is 15.9. The van der Waals surface area contributed by atoms with Gasteiger partial charge in [0.05, 0.1) is 23.5 Å². The number of nitrogens with zero attached hydrogens (tertiary/aromatic N) is 4. The van der Waals surface area contributed by atoms with Gasteiger partial charge in [-0.25, -0.2) is 4.98 Å². The van der Waals surface area contributed by atoms with Crippen LogP contribution in [0.15, 0.2) is 46.8 Å². The van der Waals surface area contributed by atoms with Crippen LogP contribution in [0.5, 0.6) is 0 Å². The Bertz CT molecular complexity index is 1030. The van der Waals surface area contributed by atoms with Crippen LogP contribution in [0.3, 0.4) is 0 Å². The summed E-state index contributed by atoms with van der Waals surface area (Å²) in [5.74, 6) is -0.0253. The third-order valence-electron chi connectivity index (χ3n) is 4.63. The van der Waals surface area contributed by atoms with Crippen LogP contribution in [0.2, 0.25) is 5.02 Å². The van der Waals surface area contributed by atoms with Gasteiger partial charge < -0.3 is 4.90 Å². The lowest BCUT2D eigenvalue weighted by Gasteiger charge is -2.26. The maximum Gasteiger partial charge on any atom is 0.417 e. The monoisotopic (exact) mass is 426 g/mol. The lowest BCUT2D eigenvalue weighted by atomic mass is 10.2. The van der Waals surface area contributed by atoms with Gasteiger partial charge >= 0.3 is 6.18 Å². The van der Waals surface area contributed by atoms with Crippen LogP contribution in [-0.2, 0) is 6.18 Å². The van der Waals surface area contributed by atoms with Gasteiger partial charge in [-0.15, -0.1) is 11.3 Å². The van der Waals surface area contributed by atoms with E-state index < -0.39 is 17.3 Å². The van der Waals surface area contributed by atoms with Crippen LogP contribution in [-0.4, -0.2) is 21.3 Å². The summed E-state index contributed by atoms with van der Waals surface area (Å²) in [5.41, 5.74) is -1.00. The second-order valence-electron chi connectivity index (χ2n) is 6.33. The molecular formula is C18H14ClF3N4OS. The summed E-state index contributed by atoms with van der Waals surface area (Å²) in [6.45, 7) is 0.742. The number of pyridine rings is 1. The Hall–Kier alpha value is -2.39. The van der Waals surface area contributed by atoms with E-state index in [0.29, 0.717) is 11.9 Å². The number of hydrogen-bond donors (Lipinski definition) is 0. The number of anilines is 1. The molecule has 0 radical (unpaired) electrons. The number of aromatic nitrogens is 3. The van der Waals surface area contributed by atoms with Gasteiger partial charge in [-0.2, -0.15) is 23.0 Å². The van der Waals surface area contributed by atoms with E-state index >= 15 is 0 Å². The van der Waals surface area contributed by atoms with Crippen molar-refractivity contribution in [3.8, 4) is 5.82 Å². The molecule has 0 aromatic carbocycles. The third-order valence-corrected chi connectivity index (χ3v) is 5.96. The average Bonchev–Trinajstić information content (AvgIpc) is 3.34. The highest BCUT2D eigenvalue weighted by atomic mass is 35.5. The highest BCUT2D eigenvalue weighted by Crippen LogP contribution is 2.39. The van der Waals surface area contributed by atoms with Gasteiger partial charge in [-0.1, -0.05) is 17.7 Å². The maximum atomic E-state index is 12.7. The van der Waals surface area contributed by atoms with Crippen molar-refractivity contribution < 1.29 is 13.2 Å². The topological polar surface area (TPSA) is 51.0 Å². The molecule has 3 aromatic heterocycles. The van der Waals surface area contributed by atoms with Crippen molar-refractivity contribution in [1.29, 1.82) is 0 Å². The molecule has 4 heterocycles. The Morgan fingerprint density at radius 2 is 2.04 bits per heavy atom. The lowest BCUT2D eigenvalue weighted by molar-refractivity contribution is -0.137. The van der Waals surface area contributed by atoms with Gasteiger partial charge in [0.25, 0.3) is 5.56 Å². The molecule has 0 bridgehead atoms. The zero-order chi connectivity index (χ0) is 19.9. The predicted octanol–water partition coefficient (Wildman–Crippen LogP) is 4.70. The Morgan fingerprint density at radius 3 is 2.68 bits per heavy atom. The molecule has 10 heteroatoms. The Kier molecular flexibility index (Phi) is 4.88. The number of hydrogen-bond acceptors (Lipinski definition) is 5. The maximum absolute atomic E-state index is 12.7. The smallest absolute Gasteiger partial charge is 0.361 e. The summed E-state index contributed by atoms with van der Waals surface area (Å²) in [5, 5.41) is 6.07. The van der Waals surface area contributed by atoms with E-state index in [2.05, 4.69) is 10.1 Å². The first-order valence-corrected chi connectivity index (χ1v) is 9.73. The van der Waals surface area contributed by atoms with E-state index in [9.17, 15) is 18.0 Å². The standard InChI is InChI=1S/C18H14ClF3N4OS/c19-16-13(25-7-1-3-12(25)14-4-2-8-28-14)10-24-26(17(16)27)15-6-5-11(9-23-15)18(20,21)22/h2,4-6,8-10,12H,1,3,7H2/t12-/m1/s1. The van der Waals surface area contributed by atoms with E-state index in [1.807, 2.05) is 22.4 Å². The number of halogens is 4. The minimum atomic E-state index is -4.50. The van der Waals surface area contributed by atoms with E-state index in [4.69, 9.17) is 11.6 Å². The summed E-state index contributed by atoms with van der Waals surface area (Å²) in [7, 11) is 0. The van der Waals surface area contributed by atoms with Gasteiger partial charge in [0.15, 0.2) is 5.82 Å². The minimum absolute atomic E-state index is 0.0253. The van der Waals surface area contributed by atoms with Gasteiger partial charge in [-0.05, 0) is 36.4 Å². The summed E-state index contributed by atoms with van der Waals surface area (Å²) >= 11 is 7.98. The van der Waals surface area contributed by atoms with E-state index in [1.165, 1.54) is 11.1 Å². The fraction of sp³-hybridized carbons (Fsp3) is 0.278. The lowest BCUT2D eigenvalue weighted by Crippen LogP contribution is -2.28. The molecule has 1 saturated heterocycles. The quantitative estimate of drug-likeness (QED) is 0.609. The van der Waals surface area contributed by atoms with Gasteiger partial charge in [0, 0.05) is 17.6 Å². The molecule has 0 spiro atoms. The van der Waals surface area contributed by atoms with Crippen molar-refractivity contribution in [2.24, 2.45) is 0 Å². The number of thiophene rings is 1. The van der Waals surface area contributed by atoms with E-state index in [-0.39, 0.29) is 16.9 Å². The predicted molar refractivity (Wildman–Crippen MR) is 101 cm³/mol. The summed E-state index contributed by atoms with van der Waals surface area (Å²) in [6, 6.07) is 6.09. The highest BCUT2D eigenvalue weighted by molar-refractivity contribution is 7.10. The van der Waals surface area contributed by atoms with E-state index in [1.54, 1.807) is 11.3 Å². The first-order chi connectivity index (χ1) is 13.4. The molecule has 3 aromatic rings. The van der Waals surface area contributed by atoms with Crippen molar-refractivity contribution in [1.82, 2.24) is 14.8 Å². The van der Waals surface area contributed by atoms with Crippen LogP contribution in [0.4, 0.5) is 18.9 Å². The minimum Gasteiger partial charge on any atom is -0.361 e. The summed E-state index contributed by atoms with van der Waals surface area (Å²) in [4.78, 5) is 19.6. The molecule has 1 fully saturated rings. The third kappa shape index (κ3) is 3.40. The fourth-order valence-corrected chi connectivity index (χ4v) is 4.41. The molecule has 4 rings (SSSR count). The Morgan fingerprint density at radius 1 is 1.21 bits per heavy atom. The van der Waals surface area contributed by atoms with Gasteiger partial charge in [-0.3, -0.25) is 4.79 Å². The molecule has 5 nitrogen and oxygen atoms in total. The van der Waals surface area contributed by atoms with Crippen LogP contribution < -0.4 is 10.5 Å². The molecular weight excluding hydrogens is 413 g/mol. The molecule has 1 aliphatic rings. The molecule has 0 amide bonds. The molecule has 0 N–H and O–H groups in total. The molecule has 1 atom stereocenters. The van der Waals surface area contributed by atoms with Crippen molar-refractivity contribution in [2.45, 2.75) is 25.1 Å². The number of alkyl halides is 3. The largest absolute Gasteiger partial charge is 0.417 e. The second-order valence-corrected chi connectivity index (χ2v) is 7.69. The first kappa shape index (κ1) is 18.9. The highest BCUT2D eigenvalue weighted by Gasteiger charge is 2.31. The molecule has 0 aliphatic carbocycles. The molecule has 28 heavy (non-hydrogen) atoms. The summed E-state index contributed by atoms with van der Waals surface area (Å²) < 4.78 is 39.0. The normalized spacial score (nSPS) is 17.3. The van der Waals surface area contributed by atoms with Gasteiger partial charge in [0.1, 0.15) is 5.02 Å². The second kappa shape index (κ2) is 7.21. The van der Waals surface area contributed by atoms with Crippen LogP contribution in [0, 0.1) is 0 Å². The van der Waals surface area contributed by atoms with Crippen LogP contribution in [0.1, 0.15) is 29.3 Å². The van der Waals surface area contributed by atoms with Crippen LogP contribution >= 0.6 is 22.9 Å². The fourth-order valence-electron chi connectivity index (χ4n) is 3.30. The van der Waals surface area contributed by atoms with Crippen molar-refractivity contribution in [2.75, 3.05) is 11.4 Å². The van der Waals surface area contributed by atoms with E-state index in [0.717, 1.165) is 36.2 Å².